The summed E-state index contributed by atoms with van der Waals surface area (Å²) in [5, 5.41) is 2.05. The fraction of sp³-hybridized carbons (Fsp3) is 0.364. The topological polar surface area (TPSA) is 94.9 Å². The number of hydrogen-bond donors (Lipinski definition) is 2. The third-order valence-corrected chi connectivity index (χ3v) is 3.91. The molecule has 0 bridgehead atoms. The van der Waals surface area contributed by atoms with Crippen molar-refractivity contribution >= 4 is 17.2 Å². The number of nitrogen functional groups attached to an aromatic ring is 1. The van der Waals surface area contributed by atoms with E-state index < -0.39 is 5.91 Å². The number of carbonyl (C=O) groups excluding carboxylic acids is 1. The van der Waals surface area contributed by atoms with E-state index in [0.717, 1.165) is 12.8 Å². The third-order valence-electron chi connectivity index (χ3n) is 3.02. The molecule has 0 aromatic carbocycles. The molecule has 1 saturated carbocycles. The van der Waals surface area contributed by atoms with Gasteiger partial charge in [0.15, 0.2) is 5.01 Å². The van der Waals surface area contributed by atoms with E-state index in [2.05, 4.69) is 4.98 Å². The van der Waals surface area contributed by atoms with Gasteiger partial charge >= 0.3 is 5.69 Å². The van der Waals surface area contributed by atoms with Gasteiger partial charge in [-0.05, 0) is 12.8 Å². The van der Waals surface area contributed by atoms with Crippen molar-refractivity contribution in [2.24, 2.45) is 5.84 Å². The number of carbonyl (C=O) groups is 1. The van der Waals surface area contributed by atoms with Gasteiger partial charge < -0.3 is 0 Å². The van der Waals surface area contributed by atoms with Crippen molar-refractivity contribution in [2.45, 2.75) is 25.4 Å². The van der Waals surface area contributed by atoms with Crippen LogP contribution in [0.25, 0.3) is 0 Å². The number of hydrazine groups is 1. The minimum absolute atomic E-state index is 0.0275. The molecule has 0 radical (unpaired) electrons. The van der Waals surface area contributed by atoms with Crippen molar-refractivity contribution in [1.82, 2.24) is 19.5 Å². The Hall–Kier alpha value is -1.93. The van der Waals surface area contributed by atoms with Crippen molar-refractivity contribution in [3.8, 4) is 0 Å². The van der Waals surface area contributed by atoms with E-state index in [1.165, 1.54) is 11.3 Å². The first kappa shape index (κ1) is 12.1. The molecule has 3 rings (SSSR count). The SMILES string of the molecule is NNC(=O)c1nc(Cn2ccn(C3CC3)c2=O)cs1. The molecular weight excluding hydrogens is 266 g/mol. The highest BCUT2D eigenvalue weighted by atomic mass is 32.1. The summed E-state index contributed by atoms with van der Waals surface area (Å²) in [4.78, 5) is 27.5. The van der Waals surface area contributed by atoms with Crippen LogP contribution >= 0.6 is 11.3 Å². The van der Waals surface area contributed by atoms with E-state index in [4.69, 9.17) is 5.84 Å². The summed E-state index contributed by atoms with van der Waals surface area (Å²) >= 11 is 1.21. The van der Waals surface area contributed by atoms with Crippen LogP contribution < -0.4 is 17.0 Å². The van der Waals surface area contributed by atoms with Crippen LogP contribution in [0.5, 0.6) is 0 Å². The third kappa shape index (κ3) is 2.32. The zero-order valence-electron chi connectivity index (χ0n) is 10.1. The Bertz CT molecular complexity index is 667. The minimum atomic E-state index is -0.417. The fourth-order valence-electron chi connectivity index (χ4n) is 1.90. The second-order valence-electron chi connectivity index (χ2n) is 4.46. The van der Waals surface area contributed by atoms with Crippen LogP contribution in [-0.2, 0) is 6.54 Å². The van der Waals surface area contributed by atoms with Crippen molar-refractivity contribution in [2.75, 3.05) is 0 Å². The molecule has 2 heterocycles. The highest BCUT2D eigenvalue weighted by Crippen LogP contribution is 2.33. The van der Waals surface area contributed by atoms with Crippen LogP contribution in [0.3, 0.4) is 0 Å². The normalized spacial score (nSPS) is 14.6. The predicted octanol–water partition coefficient (Wildman–Crippen LogP) is 0.0930. The smallest absolute Gasteiger partial charge is 0.296 e. The number of rotatable bonds is 4. The lowest BCUT2D eigenvalue weighted by molar-refractivity contribution is 0.0953. The Morgan fingerprint density at radius 1 is 1.53 bits per heavy atom. The second kappa shape index (κ2) is 4.63. The molecule has 19 heavy (non-hydrogen) atoms. The number of thiazole rings is 1. The zero-order valence-corrected chi connectivity index (χ0v) is 10.9. The number of nitrogens with zero attached hydrogens (tertiary/aromatic N) is 3. The summed E-state index contributed by atoms with van der Waals surface area (Å²) in [5.41, 5.74) is 2.69. The molecule has 7 nitrogen and oxygen atoms in total. The molecule has 1 amide bonds. The average molecular weight is 279 g/mol. The molecule has 1 fully saturated rings. The van der Waals surface area contributed by atoms with Crippen molar-refractivity contribution in [3.63, 3.8) is 0 Å². The van der Waals surface area contributed by atoms with Gasteiger partial charge in [0.1, 0.15) is 0 Å². The lowest BCUT2D eigenvalue weighted by Gasteiger charge is -1.98. The minimum Gasteiger partial charge on any atom is -0.296 e. The van der Waals surface area contributed by atoms with E-state index in [9.17, 15) is 9.59 Å². The molecule has 0 unspecified atom stereocenters. The first-order valence-electron chi connectivity index (χ1n) is 5.91. The monoisotopic (exact) mass is 279 g/mol. The van der Waals surface area contributed by atoms with Crippen LogP contribution in [0.2, 0.25) is 0 Å². The van der Waals surface area contributed by atoms with Crippen LogP contribution in [0.15, 0.2) is 22.6 Å². The summed E-state index contributed by atoms with van der Waals surface area (Å²) in [7, 11) is 0. The standard InChI is InChI=1S/C11H13N5O2S/c12-14-9(17)10-13-7(6-19-10)5-15-3-4-16(11(15)18)8-1-2-8/h3-4,6,8H,1-2,5,12H2,(H,14,17). The van der Waals surface area contributed by atoms with Gasteiger partial charge in [-0.25, -0.2) is 15.6 Å². The van der Waals surface area contributed by atoms with Crippen LogP contribution in [-0.4, -0.2) is 20.0 Å². The Balaban J connectivity index is 1.79. The molecular formula is C11H13N5O2S. The van der Waals surface area contributed by atoms with Crippen LogP contribution in [0.1, 0.15) is 34.4 Å². The summed E-state index contributed by atoms with van der Waals surface area (Å²) in [6.45, 7) is 0.368. The van der Waals surface area contributed by atoms with Gasteiger partial charge in [-0.3, -0.25) is 19.4 Å². The Labute approximate surface area is 112 Å². The predicted molar refractivity (Wildman–Crippen MR) is 69.8 cm³/mol. The van der Waals surface area contributed by atoms with Gasteiger partial charge in [0.25, 0.3) is 5.91 Å². The molecule has 3 N–H and O–H groups in total. The maximum absolute atomic E-state index is 12.1. The number of aromatic nitrogens is 3. The molecule has 100 valence electrons. The van der Waals surface area contributed by atoms with Crippen LogP contribution in [0, 0.1) is 0 Å². The molecule has 0 saturated heterocycles. The van der Waals surface area contributed by atoms with Crippen molar-refractivity contribution in [3.05, 3.63) is 39.0 Å². The van der Waals surface area contributed by atoms with E-state index in [0.29, 0.717) is 23.3 Å². The maximum atomic E-state index is 12.1. The Morgan fingerprint density at radius 2 is 2.32 bits per heavy atom. The van der Waals surface area contributed by atoms with E-state index >= 15 is 0 Å². The molecule has 0 atom stereocenters. The number of amides is 1. The van der Waals surface area contributed by atoms with Gasteiger partial charge in [0.2, 0.25) is 0 Å². The lowest BCUT2D eigenvalue weighted by atomic mass is 10.5. The maximum Gasteiger partial charge on any atom is 0.328 e. The Morgan fingerprint density at radius 3 is 3.00 bits per heavy atom. The van der Waals surface area contributed by atoms with E-state index in [1.807, 2.05) is 5.43 Å². The first-order valence-corrected chi connectivity index (χ1v) is 6.79. The molecule has 8 heteroatoms. The van der Waals surface area contributed by atoms with Gasteiger partial charge in [-0.1, -0.05) is 0 Å². The number of nitrogens with one attached hydrogen (secondary N) is 1. The summed E-state index contributed by atoms with van der Waals surface area (Å²) in [6.07, 6.45) is 5.70. The lowest BCUT2D eigenvalue weighted by Crippen LogP contribution is -2.30. The van der Waals surface area contributed by atoms with Crippen molar-refractivity contribution in [1.29, 1.82) is 0 Å². The second-order valence-corrected chi connectivity index (χ2v) is 5.32. The summed E-state index contributed by atoms with van der Waals surface area (Å²) in [6, 6.07) is 0.364. The van der Waals surface area contributed by atoms with Crippen LogP contribution in [0.4, 0.5) is 0 Å². The number of nitrogens with two attached hydrogens (primary N) is 1. The quantitative estimate of drug-likeness (QED) is 0.471. The molecule has 0 spiro atoms. The fourth-order valence-corrected chi connectivity index (χ4v) is 2.61. The number of hydrogen-bond acceptors (Lipinski definition) is 5. The molecule has 2 aromatic rings. The zero-order chi connectivity index (χ0) is 13.4. The highest BCUT2D eigenvalue weighted by molar-refractivity contribution is 7.11. The van der Waals surface area contributed by atoms with Gasteiger partial charge in [0.05, 0.1) is 12.2 Å². The summed E-state index contributed by atoms with van der Waals surface area (Å²) in [5.74, 6) is 4.62. The molecule has 0 aliphatic heterocycles. The van der Waals surface area contributed by atoms with E-state index in [1.54, 1.807) is 26.9 Å². The molecule has 1 aliphatic rings. The van der Waals surface area contributed by atoms with Crippen molar-refractivity contribution < 1.29 is 4.79 Å². The highest BCUT2D eigenvalue weighted by Gasteiger charge is 2.25. The van der Waals surface area contributed by atoms with Gasteiger partial charge in [-0.15, -0.1) is 11.3 Å². The summed E-state index contributed by atoms with van der Waals surface area (Å²) < 4.78 is 3.34. The first-order chi connectivity index (χ1) is 9.19. The Kier molecular flexibility index (Phi) is 2.96. The average Bonchev–Trinajstić information content (AvgIpc) is 3.04. The van der Waals surface area contributed by atoms with Gasteiger partial charge in [-0.2, -0.15) is 0 Å². The van der Waals surface area contributed by atoms with Gasteiger partial charge in [0, 0.05) is 23.8 Å². The molecule has 1 aliphatic carbocycles. The molecule has 2 aromatic heterocycles. The van der Waals surface area contributed by atoms with E-state index in [-0.39, 0.29) is 5.69 Å². The largest absolute Gasteiger partial charge is 0.328 e. The number of imidazole rings is 1.